The lowest BCUT2D eigenvalue weighted by molar-refractivity contribution is 0.479. The van der Waals surface area contributed by atoms with Crippen LogP contribution in [0.3, 0.4) is 0 Å². The van der Waals surface area contributed by atoms with Crippen molar-refractivity contribution in [1.29, 1.82) is 5.26 Å². The smallest absolute Gasteiger partial charge is 0.157 e. The Hall–Kier alpha value is -2.87. The Kier molecular flexibility index (Phi) is 3.98. The number of fused-ring (bicyclic) bond motifs is 3. The molecule has 0 spiro atoms. The molecule has 0 radical (unpaired) electrons. The summed E-state index contributed by atoms with van der Waals surface area (Å²) < 4.78 is 1.96. The Morgan fingerprint density at radius 3 is 2.74 bits per heavy atom. The summed E-state index contributed by atoms with van der Waals surface area (Å²) in [4.78, 5) is 11.4. The fraction of sp³-hybridized carbons (Fsp3) is 0.278. The number of pyridine rings is 1. The third-order valence-corrected chi connectivity index (χ3v) is 4.03. The van der Waals surface area contributed by atoms with Crippen LogP contribution in [0.15, 0.2) is 35.3 Å². The monoisotopic (exact) mass is 305 g/mol. The third-order valence-electron chi connectivity index (χ3n) is 4.03. The maximum absolute atomic E-state index is 9.48. The standard InChI is InChI=1S/C18H19N5/c1-4-22(5-2)12-20-17-10-13(3)14(11-19)18-21-15-8-6-7-9-16(15)23(17)18/h6-10,12H,4-5H2,1-3H3/b20-12+. The zero-order valence-electron chi connectivity index (χ0n) is 13.6. The van der Waals surface area contributed by atoms with Gasteiger partial charge in [0.05, 0.1) is 22.9 Å². The summed E-state index contributed by atoms with van der Waals surface area (Å²) in [7, 11) is 0. The molecule has 0 N–H and O–H groups in total. The number of aliphatic imine (C=N–C) groups is 1. The summed E-state index contributed by atoms with van der Waals surface area (Å²) in [6, 6.07) is 12.1. The fourth-order valence-corrected chi connectivity index (χ4v) is 2.69. The van der Waals surface area contributed by atoms with Crippen molar-refractivity contribution in [2.45, 2.75) is 20.8 Å². The van der Waals surface area contributed by atoms with Crippen LogP contribution < -0.4 is 0 Å². The molecule has 2 heterocycles. The van der Waals surface area contributed by atoms with Gasteiger partial charge in [0, 0.05) is 13.1 Å². The average molecular weight is 305 g/mol. The van der Waals surface area contributed by atoms with Gasteiger partial charge in [-0.1, -0.05) is 12.1 Å². The predicted molar refractivity (Wildman–Crippen MR) is 93.2 cm³/mol. The van der Waals surface area contributed by atoms with Crippen molar-refractivity contribution in [2.24, 2.45) is 4.99 Å². The molecule has 23 heavy (non-hydrogen) atoms. The number of hydrogen-bond donors (Lipinski definition) is 0. The maximum atomic E-state index is 9.48. The molecule has 3 aromatic rings. The lowest BCUT2D eigenvalue weighted by Crippen LogP contribution is -2.20. The van der Waals surface area contributed by atoms with E-state index < -0.39 is 0 Å². The van der Waals surface area contributed by atoms with Gasteiger partial charge in [0.2, 0.25) is 0 Å². The van der Waals surface area contributed by atoms with Crippen molar-refractivity contribution >= 4 is 28.8 Å². The van der Waals surface area contributed by atoms with E-state index in [1.165, 1.54) is 0 Å². The van der Waals surface area contributed by atoms with Crippen LogP contribution in [0.25, 0.3) is 16.7 Å². The van der Waals surface area contributed by atoms with Crippen molar-refractivity contribution in [1.82, 2.24) is 14.3 Å². The zero-order valence-corrected chi connectivity index (χ0v) is 13.6. The number of benzene rings is 1. The van der Waals surface area contributed by atoms with E-state index in [1.54, 1.807) is 0 Å². The summed E-state index contributed by atoms with van der Waals surface area (Å²) in [5.41, 5.74) is 3.99. The largest absolute Gasteiger partial charge is 0.363 e. The molecule has 0 fully saturated rings. The first-order valence-electron chi connectivity index (χ1n) is 7.78. The highest BCUT2D eigenvalue weighted by atomic mass is 15.2. The molecule has 1 aromatic carbocycles. The minimum absolute atomic E-state index is 0.600. The highest BCUT2D eigenvalue weighted by Gasteiger charge is 2.14. The summed E-state index contributed by atoms with van der Waals surface area (Å²) in [5, 5.41) is 9.48. The lowest BCUT2D eigenvalue weighted by atomic mass is 10.1. The van der Waals surface area contributed by atoms with E-state index in [0.717, 1.165) is 35.5 Å². The number of hydrogen-bond acceptors (Lipinski definition) is 3. The molecule has 0 amide bonds. The summed E-state index contributed by atoms with van der Waals surface area (Å²) in [6.07, 6.45) is 1.86. The van der Waals surface area contributed by atoms with Gasteiger partial charge in [-0.25, -0.2) is 9.98 Å². The Balaban J connectivity index is 2.31. The highest BCUT2D eigenvalue weighted by Crippen LogP contribution is 2.27. The average Bonchev–Trinajstić information content (AvgIpc) is 2.95. The third kappa shape index (κ3) is 2.53. The first kappa shape index (κ1) is 15.0. The Bertz CT molecular complexity index is 926. The molecule has 0 bridgehead atoms. The molecule has 0 saturated carbocycles. The SMILES string of the molecule is CCN(/C=N/c1cc(C)c(C#N)c2nc3ccccc3n12)CC. The quantitative estimate of drug-likeness (QED) is 0.546. The Labute approximate surface area is 135 Å². The molecule has 5 heteroatoms. The lowest BCUT2D eigenvalue weighted by Gasteiger charge is -2.14. The second-order valence-electron chi connectivity index (χ2n) is 5.40. The number of imidazole rings is 1. The van der Waals surface area contributed by atoms with E-state index in [4.69, 9.17) is 0 Å². The minimum atomic E-state index is 0.600. The van der Waals surface area contributed by atoms with E-state index in [9.17, 15) is 5.26 Å². The topological polar surface area (TPSA) is 56.7 Å². The molecule has 0 saturated heterocycles. The first-order chi connectivity index (χ1) is 11.2. The van der Waals surface area contributed by atoms with E-state index in [1.807, 2.05) is 48.0 Å². The molecule has 0 aliphatic rings. The number of aromatic nitrogens is 2. The number of rotatable bonds is 4. The Morgan fingerprint density at radius 1 is 1.30 bits per heavy atom. The molecular formula is C18H19N5. The van der Waals surface area contributed by atoms with Crippen LogP contribution in [0.1, 0.15) is 25.0 Å². The van der Waals surface area contributed by atoms with Crippen LogP contribution in [0.4, 0.5) is 5.82 Å². The molecule has 5 nitrogen and oxygen atoms in total. The van der Waals surface area contributed by atoms with Gasteiger partial charge in [0.25, 0.3) is 0 Å². The summed E-state index contributed by atoms with van der Waals surface area (Å²) in [5.74, 6) is 0.789. The van der Waals surface area contributed by atoms with E-state index in [-0.39, 0.29) is 0 Å². The van der Waals surface area contributed by atoms with Gasteiger partial charge in [0.1, 0.15) is 11.9 Å². The zero-order chi connectivity index (χ0) is 16.4. The number of nitrogens with zero attached hydrogens (tertiary/aromatic N) is 5. The molecular weight excluding hydrogens is 286 g/mol. The Morgan fingerprint density at radius 2 is 2.04 bits per heavy atom. The van der Waals surface area contributed by atoms with Crippen molar-refractivity contribution in [3.8, 4) is 6.07 Å². The fourth-order valence-electron chi connectivity index (χ4n) is 2.69. The summed E-state index contributed by atoms with van der Waals surface area (Å²) >= 11 is 0. The molecule has 3 rings (SSSR count). The molecule has 0 aliphatic carbocycles. The van der Waals surface area contributed by atoms with Crippen LogP contribution in [0.5, 0.6) is 0 Å². The van der Waals surface area contributed by atoms with Crippen molar-refractivity contribution in [3.05, 3.63) is 41.5 Å². The molecule has 0 aliphatic heterocycles. The van der Waals surface area contributed by atoms with Gasteiger partial charge in [0.15, 0.2) is 5.65 Å². The predicted octanol–water partition coefficient (Wildman–Crippen LogP) is 3.67. The van der Waals surface area contributed by atoms with Crippen LogP contribution in [0, 0.1) is 18.3 Å². The van der Waals surface area contributed by atoms with Gasteiger partial charge < -0.3 is 4.90 Å². The van der Waals surface area contributed by atoms with Gasteiger partial charge in [-0.15, -0.1) is 0 Å². The van der Waals surface area contributed by atoms with E-state index >= 15 is 0 Å². The molecule has 0 unspecified atom stereocenters. The van der Waals surface area contributed by atoms with Crippen LogP contribution >= 0.6 is 0 Å². The van der Waals surface area contributed by atoms with Crippen molar-refractivity contribution in [3.63, 3.8) is 0 Å². The molecule has 2 aromatic heterocycles. The maximum Gasteiger partial charge on any atom is 0.157 e. The van der Waals surface area contributed by atoms with Gasteiger partial charge >= 0.3 is 0 Å². The van der Waals surface area contributed by atoms with Gasteiger partial charge in [-0.05, 0) is 44.5 Å². The second kappa shape index (κ2) is 6.09. The second-order valence-corrected chi connectivity index (χ2v) is 5.40. The normalized spacial score (nSPS) is 11.4. The highest BCUT2D eigenvalue weighted by molar-refractivity contribution is 5.85. The van der Waals surface area contributed by atoms with E-state index in [2.05, 4.69) is 34.8 Å². The van der Waals surface area contributed by atoms with Crippen molar-refractivity contribution in [2.75, 3.05) is 13.1 Å². The molecule has 0 atom stereocenters. The van der Waals surface area contributed by atoms with Crippen LogP contribution in [-0.4, -0.2) is 33.7 Å². The van der Waals surface area contributed by atoms with Crippen LogP contribution in [0.2, 0.25) is 0 Å². The molecule has 116 valence electrons. The first-order valence-corrected chi connectivity index (χ1v) is 7.78. The van der Waals surface area contributed by atoms with Crippen LogP contribution in [-0.2, 0) is 0 Å². The number of para-hydroxylation sites is 2. The van der Waals surface area contributed by atoms with Gasteiger partial charge in [-0.2, -0.15) is 5.26 Å². The number of nitriles is 1. The van der Waals surface area contributed by atoms with Crippen molar-refractivity contribution < 1.29 is 0 Å². The summed E-state index contributed by atoms with van der Waals surface area (Å²) in [6.45, 7) is 7.93. The van der Waals surface area contributed by atoms with Gasteiger partial charge in [-0.3, -0.25) is 4.40 Å². The minimum Gasteiger partial charge on any atom is -0.363 e. The van der Waals surface area contributed by atoms with E-state index in [0.29, 0.717) is 11.2 Å². The number of aryl methyl sites for hydroxylation is 1.